The lowest BCUT2D eigenvalue weighted by atomic mass is 9.84. The molecule has 3 fully saturated rings. The number of esters is 1. The topological polar surface area (TPSA) is 74.2 Å². The van der Waals surface area contributed by atoms with Crippen LogP contribution in [0.25, 0.3) is 0 Å². The van der Waals surface area contributed by atoms with E-state index in [4.69, 9.17) is 18.9 Å². The maximum atomic E-state index is 12.8. The minimum absolute atomic E-state index is 0.0383. The smallest absolute Gasteiger partial charge is 0.416 e. The van der Waals surface area contributed by atoms with E-state index in [1.165, 1.54) is 12.1 Å². The van der Waals surface area contributed by atoms with E-state index in [-0.39, 0.29) is 48.8 Å². The van der Waals surface area contributed by atoms with Crippen LogP contribution in [0.1, 0.15) is 51.5 Å². The third kappa shape index (κ3) is 8.66. The van der Waals surface area contributed by atoms with Crippen LogP contribution in [-0.2, 0) is 25.2 Å². The number of ether oxygens (including phenoxy) is 4. The summed E-state index contributed by atoms with van der Waals surface area (Å²) in [7, 11) is 0. The first-order chi connectivity index (χ1) is 16.6. The SMILES string of the molecule is CC(C)OC(=O)CCC/C=C\C[C@@H]1[C@@H](/C=C/[C@@H](O)COc2cccc(C(F)(F)F)c2)O[C@@H]2C[C@H]1O2. The fourth-order valence-corrected chi connectivity index (χ4v) is 3.99. The number of hydrogen-bond acceptors (Lipinski definition) is 6. The fourth-order valence-electron chi connectivity index (χ4n) is 3.99. The highest BCUT2D eigenvalue weighted by Crippen LogP contribution is 2.40. The Morgan fingerprint density at radius 3 is 2.74 bits per heavy atom. The van der Waals surface area contributed by atoms with E-state index in [2.05, 4.69) is 6.08 Å². The average Bonchev–Trinajstić information content (AvgIpc) is 2.77. The Bertz CT molecular complexity index is 876. The van der Waals surface area contributed by atoms with Crippen molar-refractivity contribution in [2.24, 2.45) is 5.92 Å². The van der Waals surface area contributed by atoms with Gasteiger partial charge >= 0.3 is 12.1 Å². The zero-order chi connectivity index (χ0) is 25.4. The van der Waals surface area contributed by atoms with E-state index in [1.54, 1.807) is 12.2 Å². The summed E-state index contributed by atoms with van der Waals surface area (Å²) >= 11 is 0. The fraction of sp³-hybridized carbons (Fsp3) is 0.577. The van der Waals surface area contributed by atoms with Gasteiger partial charge in [-0.1, -0.05) is 30.4 Å². The lowest BCUT2D eigenvalue weighted by Gasteiger charge is -2.49. The number of hydrogen-bond donors (Lipinski definition) is 1. The van der Waals surface area contributed by atoms with Crippen molar-refractivity contribution < 1.29 is 42.0 Å². The van der Waals surface area contributed by atoms with Gasteiger partial charge in [-0.3, -0.25) is 4.79 Å². The van der Waals surface area contributed by atoms with Crippen molar-refractivity contribution in [2.75, 3.05) is 6.61 Å². The van der Waals surface area contributed by atoms with Gasteiger partial charge in [0.2, 0.25) is 0 Å². The Hall–Kier alpha value is -2.36. The molecule has 3 aliphatic heterocycles. The molecule has 6 nitrogen and oxygen atoms in total. The lowest BCUT2D eigenvalue weighted by Crippen LogP contribution is -2.55. The van der Waals surface area contributed by atoms with Crippen LogP contribution in [0.15, 0.2) is 48.6 Å². The van der Waals surface area contributed by atoms with E-state index in [9.17, 15) is 23.1 Å². The molecule has 0 spiro atoms. The van der Waals surface area contributed by atoms with Crippen molar-refractivity contribution in [3.63, 3.8) is 0 Å². The Morgan fingerprint density at radius 2 is 2.03 bits per heavy atom. The zero-order valence-corrected chi connectivity index (χ0v) is 19.9. The monoisotopic (exact) mass is 498 g/mol. The molecule has 9 heteroatoms. The molecular weight excluding hydrogens is 465 g/mol. The minimum Gasteiger partial charge on any atom is -0.491 e. The molecule has 194 valence electrons. The lowest BCUT2D eigenvalue weighted by molar-refractivity contribution is -0.337. The number of carbonyl (C=O) groups excluding carboxylic acids is 1. The molecule has 3 saturated heterocycles. The molecule has 0 radical (unpaired) electrons. The second-order valence-electron chi connectivity index (χ2n) is 9.03. The normalized spacial score (nSPS) is 25.1. The van der Waals surface area contributed by atoms with Gasteiger partial charge in [0.1, 0.15) is 18.5 Å². The molecule has 0 saturated carbocycles. The first-order valence-corrected chi connectivity index (χ1v) is 11.9. The third-order valence-corrected chi connectivity index (χ3v) is 5.76. The van der Waals surface area contributed by atoms with Crippen LogP contribution in [0.4, 0.5) is 13.2 Å². The number of aliphatic hydroxyl groups excluding tert-OH is 1. The van der Waals surface area contributed by atoms with E-state index in [0.29, 0.717) is 12.8 Å². The number of benzene rings is 1. The third-order valence-electron chi connectivity index (χ3n) is 5.76. The number of halogens is 3. The van der Waals surface area contributed by atoms with Gasteiger partial charge in [-0.25, -0.2) is 0 Å². The quantitative estimate of drug-likeness (QED) is 0.243. The van der Waals surface area contributed by atoms with E-state index in [1.807, 2.05) is 19.9 Å². The number of allylic oxidation sites excluding steroid dienone is 2. The number of aliphatic hydroxyl groups is 1. The van der Waals surface area contributed by atoms with Crippen molar-refractivity contribution in [1.82, 2.24) is 0 Å². The molecule has 0 aromatic heterocycles. The van der Waals surface area contributed by atoms with E-state index >= 15 is 0 Å². The maximum Gasteiger partial charge on any atom is 0.416 e. The molecule has 1 aromatic rings. The summed E-state index contributed by atoms with van der Waals surface area (Å²) in [6, 6.07) is 4.54. The summed E-state index contributed by atoms with van der Waals surface area (Å²) in [5.74, 6) is -0.0740. The Morgan fingerprint density at radius 1 is 1.26 bits per heavy atom. The van der Waals surface area contributed by atoms with Crippen molar-refractivity contribution in [2.45, 2.75) is 82.8 Å². The summed E-state index contributed by atoms with van der Waals surface area (Å²) in [4.78, 5) is 11.6. The minimum atomic E-state index is -4.46. The van der Waals surface area contributed by atoms with Crippen molar-refractivity contribution in [3.8, 4) is 5.75 Å². The second kappa shape index (κ2) is 12.6. The van der Waals surface area contributed by atoms with Crippen LogP contribution in [0.3, 0.4) is 0 Å². The van der Waals surface area contributed by atoms with Crippen LogP contribution >= 0.6 is 0 Å². The average molecular weight is 499 g/mol. The Kier molecular flexibility index (Phi) is 9.77. The highest BCUT2D eigenvalue weighted by atomic mass is 19.4. The van der Waals surface area contributed by atoms with Crippen LogP contribution in [0.2, 0.25) is 0 Å². The van der Waals surface area contributed by atoms with Crippen molar-refractivity contribution in [1.29, 1.82) is 0 Å². The van der Waals surface area contributed by atoms with E-state index in [0.717, 1.165) is 31.4 Å². The molecule has 0 amide bonds. The predicted octanol–water partition coefficient (Wildman–Crippen LogP) is 5.20. The standard InChI is InChI=1S/C26H33F3O6/c1-17(2)33-24(31)11-6-4-3-5-10-21-22(34-25-15-23(21)35-25)13-12-19(30)16-32-20-9-7-8-18(14-20)26(27,28)29/h3,5,7-9,12-14,17,19,21-23,25,30H,4,6,10-11,15-16H2,1-2H3/b5-3-,13-12+/t19-,21-,22-,23-,25+/m1/s1. The molecule has 5 atom stereocenters. The predicted molar refractivity (Wildman–Crippen MR) is 123 cm³/mol. The van der Waals surface area contributed by atoms with Crippen LogP contribution in [0, 0.1) is 5.92 Å². The highest BCUT2D eigenvalue weighted by Gasteiger charge is 2.46. The summed E-state index contributed by atoms with van der Waals surface area (Å²) in [5, 5.41) is 10.2. The zero-order valence-electron chi connectivity index (χ0n) is 19.9. The summed E-state index contributed by atoms with van der Waals surface area (Å²) < 4.78 is 60.5. The van der Waals surface area contributed by atoms with Gasteiger partial charge in [-0.05, 0) is 51.3 Å². The Labute approximate surface area is 203 Å². The van der Waals surface area contributed by atoms with Gasteiger partial charge in [0.15, 0.2) is 6.29 Å². The summed E-state index contributed by atoms with van der Waals surface area (Å²) in [5.41, 5.74) is -0.804. The molecule has 1 aromatic carbocycles. The molecule has 0 aliphatic carbocycles. The van der Waals surface area contributed by atoms with Gasteiger partial charge in [-0.15, -0.1) is 0 Å². The van der Waals surface area contributed by atoms with Gasteiger partial charge in [0.25, 0.3) is 0 Å². The number of rotatable bonds is 12. The first-order valence-electron chi connectivity index (χ1n) is 11.9. The van der Waals surface area contributed by atoms with E-state index < -0.39 is 17.8 Å². The molecular formula is C26H33F3O6. The second-order valence-corrected chi connectivity index (χ2v) is 9.03. The molecule has 35 heavy (non-hydrogen) atoms. The number of alkyl halides is 3. The molecule has 1 N–H and O–H groups in total. The largest absolute Gasteiger partial charge is 0.491 e. The number of carbonyl (C=O) groups is 1. The maximum absolute atomic E-state index is 12.8. The summed E-state index contributed by atoms with van der Waals surface area (Å²) in [6.07, 6.45) is 4.82. The van der Waals surface area contributed by atoms with Gasteiger partial charge in [0, 0.05) is 18.8 Å². The molecule has 3 heterocycles. The Balaban J connectivity index is 1.44. The molecule has 4 rings (SSSR count). The summed E-state index contributed by atoms with van der Waals surface area (Å²) in [6.45, 7) is 3.46. The van der Waals surface area contributed by atoms with Gasteiger partial charge < -0.3 is 24.1 Å². The van der Waals surface area contributed by atoms with Gasteiger partial charge in [0.05, 0.1) is 23.9 Å². The molecule has 2 bridgehead atoms. The van der Waals surface area contributed by atoms with Crippen molar-refractivity contribution >= 4 is 5.97 Å². The highest BCUT2D eigenvalue weighted by molar-refractivity contribution is 5.69. The van der Waals surface area contributed by atoms with Crippen molar-refractivity contribution in [3.05, 3.63) is 54.1 Å². The van der Waals surface area contributed by atoms with Gasteiger partial charge in [-0.2, -0.15) is 13.2 Å². The van der Waals surface area contributed by atoms with Crippen LogP contribution in [0.5, 0.6) is 5.75 Å². The molecule has 3 aliphatic rings. The first kappa shape index (κ1) is 27.2. The van der Waals surface area contributed by atoms with Crippen LogP contribution in [-0.4, -0.2) is 48.4 Å². The van der Waals surface area contributed by atoms with Crippen LogP contribution < -0.4 is 4.74 Å². The number of unbranched alkanes of at least 4 members (excludes halogenated alkanes) is 1. The number of fused-ring (bicyclic) bond motifs is 2. The molecule has 0 unspecified atom stereocenters.